The molecule has 0 spiro atoms. The van der Waals surface area contributed by atoms with Gasteiger partial charge < -0.3 is 15.4 Å². The van der Waals surface area contributed by atoms with Crippen LogP contribution in [0, 0.1) is 6.92 Å². The van der Waals surface area contributed by atoms with Crippen LogP contribution in [0.4, 0.5) is 0 Å². The Labute approximate surface area is 145 Å². The molecule has 1 heterocycles. The summed E-state index contributed by atoms with van der Waals surface area (Å²) >= 11 is 0. The molecule has 23 heavy (non-hydrogen) atoms. The number of rotatable bonds is 8. The summed E-state index contributed by atoms with van der Waals surface area (Å²) in [6.07, 6.45) is 1.27. The maximum Gasteiger partial charge on any atom is 0.220 e. The van der Waals surface area contributed by atoms with Crippen LogP contribution >= 0.6 is 12.4 Å². The van der Waals surface area contributed by atoms with Crippen molar-refractivity contribution in [3.63, 3.8) is 0 Å². The topological polar surface area (TPSA) is 53.6 Å². The molecule has 130 valence electrons. The summed E-state index contributed by atoms with van der Waals surface area (Å²) in [4.78, 5) is 14.1. The SMILES string of the molecule is Cc1ccccc1OCCCC(=O)NCCN1CCNCC1.Cl. The molecule has 5 nitrogen and oxygen atoms in total. The number of para-hydroxylation sites is 1. The number of benzene rings is 1. The molecule has 2 rings (SSSR count). The molecule has 1 aromatic rings. The van der Waals surface area contributed by atoms with E-state index in [1.54, 1.807) is 0 Å². The Hall–Kier alpha value is -1.30. The summed E-state index contributed by atoms with van der Waals surface area (Å²) in [7, 11) is 0. The molecule has 0 unspecified atom stereocenters. The molecule has 1 fully saturated rings. The Kier molecular flexibility index (Phi) is 9.67. The summed E-state index contributed by atoms with van der Waals surface area (Å²) in [5.41, 5.74) is 1.13. The second-order valence-electron chi connectivity index (χ2n) is 5.66. The van der Waals surface area contributed by atoms with Gasteiger partial charge in [-0.3, -0.25) is 9.69 Å². The van der Waals surface area contributed by atoms with E-state index < -0.39 is 0 Å². The predicted molar refractivity (Wildman–Crippen MR) is 95.5 cm³/mol. The molecule has 0 saturated carbocycles. The highest BCUT2D eigenvalue weighted by atomic mass is 35.5. The monoisotopic (exact) mass is 341 g/mol. The van der Waals surface area contributed by atoms with Crippen molar-refractivity contribution in [2.75, 3.05) is 45.9 Å². The van der Waals surface area contributed by atoms with Gasteiger partial charge in [0.25, 0.3) is 0 Å². The van der Waals surface area contributed by atoms with Gasteiger partial charge in [0.05, 0.1) is 6.61 Å². The lowest BCUT2D eigenvalue weighted by atomic mass is 10.2. The number of aryl methyl sites for hydroxylation is 1. The number of nitrogens with one attached hydrogen (secondary N) is 2. The summed E-state index contributed by atoms with van der Waals surface area (Å²) in [5, 5.41) is 6.31. The van der Waals surface area contributed by atoms with Crippen LogP contribution in [0.1, 0.15) is 18.4 Å². The third kappa shape index (κ3) is 7.68. The van der Waals surface area contributed by atoms with Gasteiger partial charge in [0, 0.05) is 45.7 Å². The van der Waals surface area contributed by atoms with Crippen molar-refractivity contribution in [3.8, 4) is 5.75 Å². The van der Waals surface area contributed by atoms with Gasteiger partial charge in [0.2, 0.25) is 5.91 Å². The lowest BCUT2D eigenvalue weighted by molar-refractivity contribution is -0.121. The van der Waals surface area contributed by atoms with Gasteiger partial charge in [-0.15, -0.1) is 12.4 Å². The van der Waals surface area contributed by atoms with Gasteiger partial charge in [-0.1, -0.05) is 18.2 Å². The van der Waals surface area contributed by atoms with E-state index in [-0.39, 0.29) is 18.3 Å². The average Bonchev–Trinajstić information content (AvgIpc) is 2.54. The lowest BCUT2D eigenvalue weighted by Crippen LogP contribution is -2.46. The van der Waals surface area contributed by atoms with Crippen molar-refractivity contribution >= 4 is 18.3 Å². The van der Waals surface area contributed by atoms with Gasteiger partial charge in [-0.25, -0.2) is 0 Å². The molecular formula is C17H28ClN3O2. The minimum Gasteiger partial charge on any atom is -0.493 e. The number of halogens is 1. The number of nitrogens with zero attached hydrogens (tertiary/aromatic N) is 1. The Balaban J connectivity index is 0.00000264. The number of hydrogen-bond donors (Lipinski definition) is 2. The van der Waals surface area contributed by atoms with Crippen LogP contribution in [-0.2, 0) is 4.79 Å². The van der Waals surface area contributed by atoms with Crippen LogP contribution in [0.25, 0.3) is 0 Å². The minimum absolute atomic E-state index is 0. The molecule has 1 aliphatic heterocycles. The van der Waals surface area contributed by atoms with Gasteiger partial charge in [-0.2, -0.15) is 0 Å². The molecule has 2 N–H and O–H groups in total. The van der Waals surface area contributed by atoms with E-state index in [1.165, 1.54) is 0 Å². The molecular weight excluding hydrogens is 314 g/mol. The molecule has 1 aromatic carbocycles. The standard InChI is InChI=1S/C17H27N3O2.ClH/c1-15-5-2-3-6-16(15)22-14-4-7-17(21)19-10-13-20-11-8-18-9-12-20;/h2-3,5-6,18H,4,7-14H2,1H3,(H,19,21);1H. The molecule has 1 saturated heterocycles. The van der Waals surface area contributed by atoms with E-state index in [0.717, 1.165) is 57.0 Å². The Bertz CT molecular complexity index is 465. The van der Waals surface area contributed by atoms with Gasteiger partial charge >= 0.3 is 0 Å². The van der Waals surface area contributed by atoms with Gasteiger partial charge in [0.1, 0.15) is 5.75 Å². The number of hydrogen-bond acceptors (Lipinski definition) is 4. The number of carbonyl (C=O) groups excluding carboxylic acids is 1. The van der Waals surface area contributed by atoms with Crippen LogP contribution in [-0.4, -0.2) is 56.7 Å². The largest absolute Gasteiger partial charge is 0.493 e. The number of ether oxygens (including phenoxy) is 1. The minimum atomic E-state index is 0. The second-order valence-corrected chi connectivity index (χ2v) is 5.66. The van der Waals surface area contributed by atoms with Crippen molar-refractivity contribution in [1.29, 1.82) is 0 Å². The quantitative estimate of drug-likeness (QED) is 0.705. The Morgan fingerprint density at radius 3 is 2.78 bits per heavy atom. The number of amides is 1. The summed E-state index contributed by atoms with van der Waals surface area (Å²) < 4.78 is 5.69. The van der Waals surface area contributed by atoms with E-state index in [2.05, 4.69) is 15.5 Å². The predicted octanol–water partition coefficient (Wildman–Crippen LogP) is 1.60. The molecule has 0 bridgehead atoms. The normalized spacial score (nSPS) is 14.8. The highest BCUT2D eigenvalue weighted by Crippen LogP contribution is 2.16. The van der Waals surface area contributed by atoms with Crippen molar-refractivity contribution in [3.05, 3.63) is 29.8 Å². The average molecular weight is 342 g/mol. The first-order valence-electron chi connectivity index (χ1n) is 8.14. The van der Waals surface area contributed by atoms with E-state index in [0.29, 0.717) is 13.0 Å². The third-order valence-electron chi connectivity index (χ3n) is 3.86. The first-order valence-corrected chi connectivity index (χ1v) is 8.14. The highest BCUT2D eigenvalue weighted by molar-refractivity contribution is 5.85. The molecule has 0 atom stereocenters. The fraction of sp³-hybridized carbons (Fsp3) is 0.588. The number of carbonyl (C=O) groups is 1. The van der Waals surface area contributed by atoms with Crippen LogP contribution in [0.2, 0.25) is 0 Å². The first-order chi connectivity index (χ1) is 10.8. The Morgan fingerprint density at radius 1 is 1.30 bits per heavy atom. The zero-order valence-corrected chi connectivity index (χ0v) is 14.7. The van der Waals surface area contributed by atoms with E-state index in [4.69, 9.17) is 4.74 Å². The van der Waals surface area contributed by atoms with Crippen molar-refractivity contribution in [2.24, 2.45) is 0 Å². The molecule has 0 radical (unpaired) electrons. The Morgan fingerprint density at radius 2 is 2.04 bits per heavy atom. The van der Waals surface area contributed by atoms with Crippen LogP contribution in [0.5, 0.6) is 5.75 Å². The molecule has 0 aromatic heterocycles. The zero-order valence-electron chi connectivity index (χ0n) is 13.8. The van der Waals surface area contributed by atoms with Crippen LogP contribution in [0.3, 0.4) is 0 Å². The number of piperazine rings is 1. The molecule has 1 aliphatic rings. The van der Waals surface area contributed by atoms with Crippen LogP contribution < -0.4 is 15.4 Å². The highest BCUT2D eigenvalue weighted by Gasteiger charge is 2.09. The van der Waals surface area contributed by atoms with Gasteiger partial charge in [-0.05, 0) is 25.0 Å². The molecule has 0 aliphatic carbocycles. The second kappa shape index (κ2) is 11.3. The smallest absolute Gasteiger partial charge is 0.220 e. The van der Waals surface area contributed by atoms with E-state index in [9.17, 15) is 4.79 Å². The fourth-order valence-electron chi connectivity index (χ4n) is 2.51. The summed E-state index contributed by atoms with van der Waals surface area (Å²) in [5.74, 6) is 1.02. The third-order valence-corrected chi connectivity index (χ3v) is 3.86. The van der Waals surface area contributed by atoms with Crippen molar-refractivity contribution in [2.45, 2.75) is 19.8 Å². The summed E-state index contributed by atoms with van der Waals surface area (Å²) in [6.45, 7) is 8.51. The molecule has 6 heteroatoms. The summed E-state index contributed by atoms with van der Waals surface area (Å²) in [6, 6.07) is 7.94. The van der Waals surface area contributed by atoms with E-state index in [1.807, 2.05) is 31.2 Å². The van der Waals surface area contributed by atoms with E-state index >= 15 is 0 Å². The first kappa shape index (κ1) is 19.7. The maximum absolute atomic E-state index is 11.8. The van der Waals surface area contributed by atoms with Crippen molar-refractivity contribution < 1.29 is 9.53 Å². The maximum atomic E-state index is 11.8. The van der Waals surface area contributed by atoms with Gasteiger partial charge in [0.15, 0.2) is 0 Å². The van der Waals surface area contributed by atoms with Crippen molar-refractivity contribution in [1.82, 2.24) is 15.5 Å². The van der Waals surface area contributed by atoms with Crippen LogP contribution in [0.15, 0.2) is 24.3 Å². The zero-order chi connectivity index (χ0) is 15.6. The fourth-order valence-corrected chi connectivity index (χ4v) is 2.51. The lowest BCUT2D eigenvalue weighted by Gasteiger charge is -2.27. The molecule has 1 amide bonds.